The number of carbonyl (C=O) groups excluding carboxylic acids is 1. The van der Waals surface area contributed by atoms with Gasteiger partial charge < -0.3 is 24.8 Å². The van der Waals surface area contributed by atoms with Gasteiger partial charge in [-0.15, -0.1) is 0 Å². The monoisotopic (exact) mass is 514 g/mol. The zero-order chi connectivity index (χ0) is 23.7. The third-order valence-electron chi connectivity index (χ3n) is 6.53. The van der Waals surface area contributed by atoms with Gasteiger partial charge in [-0.2, -0.15) is 0 Å². The molecule has 0 aliphatic carbocycles. The molecule has 0 aromatic carbocycles. The molecule has 2 atom stereocenters. The number of pyridine rings is 2. The van der Waals surface area contributed by atoms with Crippen molar-refractivity contribution in [3.05, 3.63) is 72.9 Å². The van der Waals surface area contributed by atoms with Crippen molar-refractivity contribution in [2.75, 3.05) is 19.7 Å². The van der Waals surface area contributed by atoms with Gasteiger partial charge in [-0.05, 0) is 78.0 Å². The van der Waals surface area contributed by atoms with Gasteiger partial charge in [0.1, 0.15) is 5.69 Å². The molecule has 7 nitrogen and oxygen atoms in total. The van der Waals surface area contributed by atoms with Gasteiger partial charge in [-0.1, -0.05) is 6.92 Å². The molecule has 0 saturated carbocycles. The van der Waals surface area contributed by atoms with Gasteiger partial charge in [0.25, 0.3) is 11.5 Å². The molecule has 3 aromatic rings. The van der Waals surface area contributed by atoms with Crippen molar-refractivity contribution in [3.8, 4) is 0 Å². The SMILES string of the molecule is CCC(c1cc2cc(Br)cn2c(C(=O)NCc2c(C)cc(C)[nH]c2=O)c1C)C1CNCCO1. The number of nitrogens with one attached hydrogen (secondary N) is 3. The van der Waals surface area contributed by atoms with E-state index in [2.05, 4.69) is 44.5 Å². The van der Waals surface area contributed by atoms with Crippen molar-refractivity contribution in [1.82, 2.24) is 20.0 Å². The molecule has 0 radical (unpaired) electrons. The molecular weight excluding hydrogens is 484 g/mol. The van der Waals surface area contributed by atoms with Crippen LogP contribution in [-0.2, 0) is 11.3 Å². The summed E-state index contributed by atoms with van der Waals surface area (Å²) in [6.07, 6.45) is 2.88. The van der Waals surface area contributed by atoms with Crippen molar-refractivity contribution >= 4 is 27.4 Å². The highest BCUT2D eigenvalue weighted by Crippen LogP contribution is 2.33. The Balaban J connectivity index is 1.72. The van der Waals surface area contributed by atoms with Crippen LogP contribution in [-0.4, -0.2) is 41.1 Å². The molecule has 2 unspecified atom stereocenters. The molecule has 3 N–H and O–H groups in total. The summed E-state index contributed by atoms with van der Waals surface area (Å²) >= 11 is 3.56. The summed E-state index contributed by atoms with van der Waals surface area (Å²) in [5.41, 5.74) is 5.65. The molecule has 4 rings (SSSR count). The summed E-state index contributed by atoms with van der Waals surface area (Å²) in [5, 5.41) is 6.40. The highest BCUT2D eigenvalue weighted by Gasteiger charge is 2.28. The number of halogens is 1. The van der Waals surface area contributed by atoms with E-state index in [0.29, 0.717) is 17.9 Å². The number of morpholine rings is 1. The minimum atomic E-state index is -0.209. The number of ether oxygens (including phenoxy) is 1. The Hall–Kier alpha value is -2.42. The van der Waals surface area contributed by atoms with Crippen molar-refractivity contribution in [2.24, 2.45) is 0 Å². The molecule has 3 aromatic heterocycles. The van der Waals surface area contributed by atoms with E-state index in [4.69, 9.17) is 4.74 Å². The lowest BCUT2D eigenvalue weighted by Gasteiger charge is -2.32. The fraction of sp³-hybridized carbons (Fsp3) is 0.440. The van der Waals surface area contributed by atoms with E-state index in [9.17, 15) is 9.59 Å². The molecular formula is C25H31BrN4O3. The Bertz CT molecular complexity index is 1240. The number of hydrogen-bond acceptors (Lipinski definition) is 4. The minimum absolute atomic E-state index is 0.0629. The fourth-order valence-corrected chi connectivity index (χ4v) is 5.32. The topological polar surface area (TPSA) is 87.6 Å². The van der Waals surface area contributed by atoms with Crippen LogP contribution in [0.5, 0.6) is 0 Å². The van der Waals surface area contributed by atoms with Crippen LogP contribution in [0.2, 0.25) is 0 Å². The van der Waals surface area contributed by atoms with E-state index < -0.39 is 0 Å². The molecule has 0 bridgehead atoms. The van der Waals surface area contributed by atoms with E-state index in [0.717, 1.165) is 51.9 Å². The Kier molecular flexibility index (Phi) is 7.07. The number of nitrogens with zero attached hydrogens (tertiary/aromatic N) is 1. The molecule has 4 heterocycles. The number of H-pyrrole nitrogens is 1. The zero-order valence-electron chi connectivity index (χ0n) is 19.5. The van der Waals surface area contributed by atoms with E-state index in [1.165, 1.54) is 0 Å². The second-order valence-electron chi connectivity index (χ2n) is 8.78. The second kappa shape index (κ2) is 9.83. The number of amides is 1. The molecule has 1 amide bonds. The third-order valence-corrected chi connectivity index (χ3v) is 6.96. The molecule has 176 valence electrons. The lowest BCUT2D eigenvalue weighted by Crippen LogP contribution is -2.42. The third kappa shape index (κ3) is 4.78. The smallest absolute Gasteiger partial charge is 0.268 e. The van der Waals surface area contributed by atoms with Crippen molar-refractivity contribution in [1.29, 1.82) is 0 Å². The second-order valence-corrected chi connectivity index (χ2v) is 9.70. The van der Waals surface area contributed by atoms with Crippen LogP contribution in [0, 0.1) is 20.8 Å². The van der Waals surface area contributed by atoms with E-state index in [-0.39, 0.29) is 30.0 Å². The maximum absolute atomic E-state index is 13.5. The summed E-state index contributed by atoms with van der Waals surface area (Å²) in [6, 6.07) is 6.10. The summed E-state index contributed by atoms with van der Waals surface area (Å²) in [4.78, 5) is 28.7. The lowest BCUT2D eigenvalue weighted by molar-refractivity contribution is 0.0101. The van der Waals surface area contributed by atoms with E-state index >= 15 is 0 Å². The normalized spacial score (nSPS) is 17.3. The first kappa shape index (κ1) is 23.7. The van der Waals surface area contributed by atoms with Crippen molar-refractivity contribution in [3.63, 3.8) is 0 Å². The number of aryl methyl sites for hydroxylation is 2. The first-order valence-corrected chi connectivity index (χ1v) is 12.2. The fourth-order valence-electron chi connectivity index (χ4n) is 4.88. The molecule has 1 aliphatic heterocycles. The maximum Gasteiger partial charge on any atom is 0.268 e. The lowest BCUT2D eigenvalue weighted by atomic mass is 9.86. The largest absolute Gasteiger partial charge is 0.375 e. The van der Waals surface area contributed by atoms with Gasteiger partial charge in [0, 0.05) is 53.0 Å². The first-order valence-electron chi connectivity index (χ1n) is 11.4. The minimum Gasteiger partial charge on any atom is -0.375 e. The highest BCUT2D eigenvalue weighted by molar-refractivity contribution is 9.10. The van der Waals surface area contributed by atoms with Crippen LogP contribution in [0.25, 0.3) is 5.52 Å². The summed E-state index contributed by atoms with van der Waals surface area (Å²) < 4.78 is 8.90. The Morgan fingerprint density at radius 3 is 2.76 bits per heavy atom. The number of aromatic amines is 1. The Labute approximate surface area is 202 Å². The summed E-state index contributed by atoms with van der Waals surface area (Å²) in [5.74, 6) is -0.0374. The summed E-state index contributed by atoms with van der Waals surface area (Å²) in [6.45, 7) is 10.4. The maximum atomic E-state index is 13.5. The Morgan fingerprint density at radius 1 is 1.30 bits per heavy atom. The summed E-state index contributed by atoms with van der Waals surface area (Å²) in [7, 11) is 0. The van der Waals surface area contributed by atoms with Gasteiger partial charge in [-0.25, -0.2) is 0 Å². The molecule has 1 saturated heterocycles. The number of fused-ring (bicyclic) bond motifs is 1. The van der Waals surface area contributed by atoms with Gasteiger partial charge in [0.05, 0.1) is 12.7 Å². The molecule has 33 heavy (non-hydrogen) atoms. The molecule has 1 fully saturated rings. The number of hydrogen-bond donors (Lipinski definition) is 3. The van der Waals surface area contributed by atoms with E-state index in [1.807, 2.05) is 43.5 Å². The van der Waals surface area contributed by atoms with Crippen molar-refractivity contribution in [2.45, 2.75) is 52.7 Å². The molecule has 1 aliphatic rings. The highest BCUT2D eigenvalue weighted by atomic mass is 79.9. The van der Waals surface area contributed by atoms with Crippen LogP contribution in [0.1, 0.15) is 57.7 Å². The average molecular weight is 515 g/mol. The Morgan fingerprint density at radius 2 is 2.09 bits per heavy atom. The van der Waals surface area contributed by atoms with Crippen LogP contribution >= 0.6 is 15.9 Å². The first-order chi connectivity index (χ1) is 15.8. The molecule has 8 heteroatoms. The zero-order valence-corrected chi connectivity index (χ0v) is 21.1. The van der Waals surface area contributed by atoms with Gasteiger partial charge in [-0.3, -0.25) is 9.59 Å². The van der Waals surface area contributed by atoms with Gasteiger partial charge in [0.15, 0.2) is 0 Å². The van der Waals surface area contributed by atoms with Crippen molar-refractivity contribution < 1.29 is 9.53 Å². The van der Waals surface area contributed by atoms with E-state index in [1.54, 1.807) is 0 Å². The van der Waals surface area contributed by atoms with Gasteiger partial charge >= 0.3 is 0 Å². The predicted octanol–water partition coefficient (Wildman–Crippen LogP) is 3.73. The van der Waals surface area contributed by atoms with Crippen LogP contribution in [0.3, 0.4) is 0 Å². The van der Waals surface area contributed by atoms with Gasteiger partial charge in [0.2, 0.25) is 0 Å². The standard InChI is InChI=1S/C25H31BrN4O3/c1-5-19(22-12-27-6-7-33-22)20-10-18-9-17(26)13-30(18)23(16(20)4)25(32)28-11-21-14(2)8-15(3)29-24(21)31/h8-10,13,19,22,27H,5-7,11-12H2,1-4H3,(H,28,32)(H,29,31). The predicted molar refractivity (Wildman–Crippen MR) is 133 cm³/mol. The number of rotatable bonds is 6. The van der Waals surface area contributed by atoms with Crippen LogP contribution in [0.15, 0.2) is 33.7 Å². The number of aromatic nitrogens is 2. The molecule has 0 spiro atoms. The van der Waals surface area contributed by atoms with Crippen LogP contribution in [0.4, 0.5) is 0 Å². The quantitative estimate of drug-likeness (QED) is 0.467. The van der Waals surface area contributed by atoms with Crippen LogP contribution < -0.4 is 16.2 Å². The number of carbonyl (C=O) groups is 1. The average Bonchev–Trinajstić information content (AvgIpc) is 3.14.